The van der Waals surface area contributed by atoms with Gasteiger partial charge in [0.15, 0.2) is 0 Å². The van der Waals surface area contributed by atoms with Crippen LogP contribution in [0.4, 0.5) is 0 Å². The second-order valence-electron chi connectivity index (χ2n) is 4.60. The van der Waals surface area contributed by atoms with Gasteiger partial charge in [0.1, 0.15) is 17.3 Å². The number of fused-ring (bicyclic) bond motifs is 1. The zero-order chi connectivity index (χ0) is 15.2. The van der Waals surface area contributed by atoms with E-state index in [0.717, 1.165) is 10.9 Å². The summed E-state index contributed by atoms with van der Waals surface area (Å²) in [5.74, 6) is -0.320. The molecule has 0 fully saturated rings. The average molecular weight is 290 g/mol. The van der Waals surface area contributed by atoms with E-state index in [4.69, 9.17) is 10.8 Å². The van der Waals surface area contributed by atoms with E-state index in [1.54, 1.807) is 18.3 Å². The number of nitrogens with two attached hydrogens (primary N) is 1. The Morgan fingerprint density at radius 2 is 2.19 bits per heavy atom. The summed E-state index contributed by atoms with van der Waals surface area (Å²) >= 11 is 0. The number of phenolic OH excluding ortho intramolecular Hbond substituents is 1. The van der Waals surface area contributed by atoms with Gasteiger partial charge in [-0.15, -0.1) is 0 Å². The number of hydrogen-bond donors (Lipinski definition) is 5. The van der Waals surface area contributed by atoms with Crippen LogP contribution in [-0.4, -0.2) is 40.3 Å². The Kier molecular flexibility index (Phi) is 5.04. The van der Waals surface area contributed by atoms with E-state index < -0.39 is 18.6 Å². The number of amides is 1. The largest absolute Gasteiger partial charge is 0.506 e. The third-order valence-corrected chi connectivity index (χ3v) is 3.10. The summed E-state index contributed by atoms with van der Waals surface area (Å²) < 4.78 is 0. The van der Waals surface area contributed by atoms with Gasteiger partial charge in [0.2, 0.25) is 0 Å². The minimum atomic E-state index is -0.934. The van der Waals surface area contributed by atoms with Crippen LogP contribution in [0.1, 0.15) is 5.56 Å². The molecule has 7 nitrogen and oxygen atoms in total. The van der Waals surface area contributed by atoms with Crippen molar-refractivity contribution >= 4 is 16.8 Å². The normalized spacial score (nSPS) is 12.3. The zero-order valence-corrected chi connectivity index (χ0v) is 11.4. The maximum atomic E-state index is 11.3. The molecule has 0 saturated carbocycles. The lowest BCUT2D eigenvalue weighted by atomic mass is 10.1. The molecule has 112 valence electrons. The molecule has 2 aromatic rings. The number of pyridine rings is 1. The third-order valence-electron chi connectivity index (χ3n) is 3.10. The Morgan fingerprint density at radius 3 is 2.95 bits per heavy atom. The first-order valence-electron chi connectivity index (χ1n) is 6.58. The number of aliphatic hydroxyl groups excluding tert-OH is 1. The maximum Gasteiger partial charge on any atom is 0.253 e. The summed E-state index contributed by atoms with van der Waals surface area (Å²) in [6, 6.07) is 6.18. The first-order chi connectivity index (χ1) is 10.1. The minimum absolute atomic E-state index is 0.143. The molecular formula is C14H18N4O3. The molecule has 1 unspecified atom stereocenters. The molecule has 0 radical (unpaired) electrons. The fourth-order valence-corrected chi connectivity index (χ4v) is 1.96. The smallest absolute Gasteiger partial charge is 0.253 e. The monoisotopic (exact) mass is 290 g/mol. The summed E-state index contributed by atoms with van der Waals surface area (Å²) in [6.07, 6.45) is 2.26. The van der Waals surface area contributed by atoms with Crippen LogP contribution in [0.25, 0.3) is 10.9 Å². The molecule has 1 atom stereocenters. The average Bonchev–Trinajstić information content (AvgIpc) is 2.52. The van der Waals surface area contributed by atoms with E-state index in [1.165, 1.54) is 0 Å². The number of hydrazine groups is 1. The molecule has 1 aromatic heterocycles. The molecule has 0 bridgehead atoms. The van der Waals surface area contributed by atoms with Crippen molar-refractivity contribution in [3.8, 4) is 5.75 Å². The standard InChI is InChI=1S/C14H18N4O3/c15-11(8-19)14(21)18-17-7-5-9-3-4-12(20)13-10(9)2-1-6-16-13/h1-4,6,11,17,19-20H,5,7-8,15H2,(H,18,21). The van der Waals surface area contributed by atoms with Crippen LogP contribution in [0.3, 0.4) is 0 Å². The van der Waals surface area contributed by atoms with E-state index in [0.29, 0.717) is 18.5 Å². The van der Waals surface area contributed by atoms with Crippen molar-refractivity contribution in [2.45, 2.75) is 12.5 Å². The van der Waals surface area contributed by atoms with Gasteiger partial charge in [-0.2, -0.15) is 0 Å². The van der Waals surface area contributed by atoms with E-state index in [-0.39, 0.29) is 5.75 Å². The quantitative estimate of drug-likeness (QED) is 0.359. The molecule has 0 saturated heterocycles. The predicted molar refractivity (Wildman–Crippen MR) is 78.3 cm³/mol. The number of rotatable bonds is 6. The van der Waals surface area contributed by atoms with E-state index in [2.05, 4.69) is 15.8 Å². The van der Waals surface area contributed by atoms with Crippen molar-refractivity contribution in [1.29, 1.82) is 0 Å². The molecule has 7 heteroatoms. The van der Waals surface area contributed by atoms with Gasteiger partial charge in [-0.05, 0) is 24.1 Å². The van der Waals surface area contributed by atoms with Gasteiger partial charge in [0, 0.05) is 18.1 Å². The SMILES string of the molecule is NC(CO)C(=O)NNCCc1ccc(O)c2ncccc12. The van der Waals surface area contributed by atoms with Crippen LogP contribution in [0, 0.1) is 0 Å². The summed E-state index contributed by atoms with van der Waals surface area (Å²) in [4.78, 5) is 15.5. The molecule has 1 amide bonds. The highest BCUT2D eigenvalue weighted by molar-refractivity contribution is 5.87. The molecule has 0 aliphatic rings. The number of aromatic hydroxyl groups is 1. The van der Waals surface area contributed by atoms with Crippen molar-refractivity contribution < 1.29 is 15.0 Å². The van der Waals surface area contributed by atoms with Crippen LogP contribution in [0.2, 0.25) is 0 Å². The number of aliphatic hydroxyl groups is 1. The number of hydrogen-bond acceptors (Lipinski definition) is 6. The van der Waals surface area contributed by atoms with Crippen molar-refractivity contribution in [2.24, 2.45) is 5.73 Å². The molecule has 1 aromatic carbocycles. The fraction of sp³-hybridized carbons (Fsp3) is 0.286. The molecule has 0 aliphatic carbocycles. The van der Waals surface area contributed by atoms with Crippen LogP contribution in [-0.2, 0) is 11.2 Å². The van der Waals surface area contributed by atoms with Gasteiger partial charge in [-0.1, -0.05) is 12.1 Å². The Hall–Kier alpha value is -2.22. The van der Waals surface area contributed by atoms with Gasteiger partial charge >= 0.3 is 0 Å². The van der Waals surface area contributed by atoms with E-state index in [9.17, 15) is 9.90 Å². The number of nitrogens with zero attached hydrogens (tertiary/aromatic N) is 1. The molecule has 1 heterocycles. The highest BCUT2D eigenvalue weighted by Gasteiger charge is 2.11. The Morgan fingerprint density at radius 1 is 1.38 bits per heavy atom. The first-order valence-corrected chi connectivity index (χ1v) is 6.58. The molecule has 0 aliphatic heterocycles. The lowest BCUT2D eigenvalue weighted by molar-refractivity contribution is -0.124. The van der Waals surface area contributed by atoms with E-state index in [1.807, 2.05) is 12.1 Å². The maximum absolute atomic E-state index is 11.3. The lowest BCUT2D eigenvalue weighted by Crippen LogP contribution is -2.49. The van der Waals surface area contributed by atoms with Crippen molar-refractivity contribution in [2.75, 3.05) is 13.2 Å². The van der Waals surface area contributed by atoms with E-state index >= 15 is 0 Å². The van der Waals surface area contributed by atoms with Crippen LogP contribution in [0.5, 0.6) is 5.75 Å². The summed E-state index contributed by atoms with van der Waals surface area (Å²) in [5, 5.41) is 19.4. The van der Waals surface area contributed by atoms with Gasteiger partial charge in [0.25, 0.3) is 5.91 Å². The lowest BCUT2D eigenvalue weighted by Gasteiger charge is -2.11. The van der Waals surface area contributed by atoms with Crippen LogP contribution >= 0.6 is 0 Å². The molecule has 0 spiro atoms. The number of nitrogens with one attached hydrogen (secondary N) is 2. The Bertz CT molecular complexity index is 633. The van der Waals surface area contributed by atoms with Crippen molar-refractivity contribution in [3.63, 3.8) is 0 Å². The highest BCUT2D eigenvalue weighted by atomic mass is 16.3. The third kappa shape index (κ3) is 3.66. The summed E-state index contributed by atoms with van der Waals surface area (Å²) in [6.45, 7) is 0.0838. The number of phenols is 1. The van der Waals surface area contributed by atoms with Crippen molar-refractivity contribution in [3.05, 3.63) is 36.0 Å². The zero-order valence-electron chi connectivity index (χ0n) is 11.4. The highest BCUT2D eigenvalue weighted by Crippen LogP contribution is 2.25. The topological polar surface area (TPSA) is 120 Å². The fourth-order valence-electron chi connectivity index (χ4n) is 1.96. The van der Waals surface area contributed by atoms with Crippen LogP contribution < -0.4 is 16.6 Å². The first kappa shape index (κ1) is 15.2. The van der Waals surface area contributed by atoms with Gasteiger partial charge in [0.05, 0.1) is 6.61 Å². The number of benzene rings is 1. The Balaban J connectivity index is 1.95. The summed E-state index contributed by atoms with van der Waals surface area (Å²) in [7, 11) is 0. The number of carbonyl (C=O) groups excluding carboxylic acids is 1. The summed E-state index contributed by atoms with van der Waals surface area (Å²) in [5.41, 5.74) is 12.1. The molecular weight excluding hydrogens is 272 g/mol. The molecule has 2 rings (SSSR count). The predicted octanol–water partition coefficient (Wildman–Crippen LogP) is -0.577. The number of carbonyl (C=O) groups is 1. The van der Waals surface area contributed by atoms with Crippen LogP contribution in [0.15, 0.2) is 30.5 Å². The van der Waals surface area contributed by atoms with Gasteiger partial charge in [-0.25, -0.2) is 5.43 Å². The van der Waals surface area contributed by atoms with Crippen molar-refractivity contribution in [1.82, 2.24) is 15.8 Å². The number of aromatic nitrogens is 1. The second kappa shape index (κ2) is 6.98. The van der Waals surface area contributed by atoms with Gasteiger partial charge < -0.3 is 15.9 Å². The second-order valence-corrected chi connectivity index (χ2v) is 4.60. The molecule has 21 heavy (non-hydrogen) atoms. The minimum Gasteiger partial charge on any atom is -0.506 e. The van der Waals surface area contributed by atoms with Gasteiger partial charge in [-0.3, -0.25) is 15.2 Å². The molecule has 6 N–H and O–H groups in total. The Labute approximate surface area is 121 Å².